The van der Waals surface area contributed by atoms with Crippen LogP contribution in [0.3, 0.4) is 0 Å². The Morgan fingerprint density at radius 3 is 1.80 bits per heavy atom. The first-order valence-electron chi connectivity index (χ1n) is 19.1. The molecular weight excluding hydrogens is 683 g/mol. The number of anilines is 3. The Labute approximate surface area is 325 Å². The van der Waals surface area contributed by atoms with Crippen LogP contribution in [0, 0.1) is 0 Å². The predicted molar refractivity (Wildman–Crippen MR) is 237 cm³/mol. The molecule has 0 bridgehead atoms. The molecule has 1 aliphatic rings. The molecule has 1 nitrogen and oxygen atoms in total. The van der Waals surface area contributed by atoms with E-state index in [1.807, 2.05) is 11.3 Å². The molecule has 0 atom stereocenters. The summed E-state index contributed by atoms with van der Waals surface area (Å²) in [5, 5.41) is 7.79. The van der Waals surface area contributed by atoms with E-state index >= 15 is 0 Å². The van der Waals surface area contributed by atoms with Crippen LogP contribution in [0.4, 0.5) is 17.1 Å². The van der Waals surface area contributed by atoms with Gasteiger partial charge in [0.15, 0.2) is 0 Å². The Kier molecular flexibility index (Phi) is 7.14. The lowest BCUT2D eigenvalue weighted by atomic mass is 9.82. The summed E-state index contributed by atoms with van der Waals surface area (Å²) in [5.41, 5.74) is 13.7. The summed E-state index contributed by atoms with van der Waals surface area (Å²) < 4.78 is 2.67. The molecule has 11 rings (SSSR count). The highest BCUT2D eigenvalue weighted by Gasteiger charge is 2.35. The standard InChI is InChI=1S/C53H37NS/c1-53(2)48-17-9-7-15-44(48)45-30-29-42(33-49(45)53)54(40-25-21-35(22-26-40)38-20-19-34-11-3-4-12-37(34)31-38)41-27-23-36(24-28-41)47-32-39-13-5-6-14-43(39)51-46-16-8-10-18-50(46)55-52(47)51/h3-33H,1-2H3. The monoisotopic (exact) mass is 719 g/mol. The smallest absolute Gasteiger partial charge is 0.0465 e. The Balaban J connectivity index is 1.05. The summed E-state index contributed by atoms with van der Waals surface area (Å²) in [5.74, 6) is 0. The third-order valence-electron chi connectivity index (χ3n) is 11.8. The van der Waals surface area contributed by atoms with Crippen molar-refractivity contribution in [1.82, 2.24) is 0 Å². The highest BCUT2D eigenvalue weighted by Crippen LogP contribution is 2.51. The molecule has 0 saturated heterocycles. The summed E-state index contributed by atoms with van der Waals surface area (Å²) in [4.78, 5) is 2.42. The summed E-state index contributed by atoms with van der Waals surface area (Å²) in [6.07, 6.45) is 0. The molecule has 260 valence electrons. The minimum absolute atomic E-state index is 0.0941. The average molecular weight is 720 g/mol. The van der Waals surface area contributed by atoms with Crippen LogP contribution in [0.25, 0.3) is 75.1 Å². The molecule has 0 spiro atoms. The van der Waals surface area contributed by atoms with E-state index in [1.165, 1.54) is 86.2 Å². The zero-order valence-corrected chi connectivity index (χ0v) is 31.6. The van der Waals surface area contributed by atoms with Crippen molar-refractivity contribution in [1.29, 1.82) is 0 Å². The van der Waals surface area contributed by atoms with Gasteiger partial charge in [0.25, 0.3) is 0 Å². The topological polar surface area (TPSA) is 3.24 Å². The molecule has 1 heterocycles. The minimum Gasteiger partial charge on any atom is -0.310 e. The fraction of sp³-hybridized carbons (Fsp3) is 0.0566. The van der Waals surface area contributed by atoms with Gasteiger partial charge >= 0.3 is 0 Å². The van der Waals surface area contributed by atoms with Gasteiger partial charge in [-0.3, -0.25) is 0 Å². The van der Waals surface area contributed by atoms with Crippen molar-refractivity contribution in [3.8, 4) is 33.4 Å². The third kappa shape index (κ3) is 5.06. The molecule has 0 radical (unpaired) electrons. The van der Waals surface area contributed by atoms with E-state index in [2.05, 4.69) is 207 Å². The lowest BCUT2D eigenvalue weighted by Crippen LogP contribution is -2.16. The molecule has 0 saturated carbocycles. The van der Waals surface area contributed by atoms with E-state index < -0.39 is 0 Å². The molecule has 0 amide bonds. The number of nitrogens with zero attached hydrogens (tertiary/aromatic N) is 1. The molecule has 0 N–H and O–H groups in total. The highest BCUT2D eigenvalue weighted by molar-refractivity contribution is 7.26. The summed E-state index contributed by atoms with van der Waals surface area (Å²) in [6.45, 7) is 4.72. The molecule has 0 aliphatic heterocycles. The number of fused-ring (bicyclic) bond motifs is 9. The minimum atomic E-state index is -0.0941. The van der Waals surface area contributed by atoms with Crippen molar-refractivity contribution in [2.75, 3.05) is 4.90 Å². The van der Waals surface area contributed by atoms with Crippen molar-refractivity contribution in [2.45, 2.75) is 19.3 Å². The largest absolute Gasteiger partial charge is 0.310 e. The van der Waals surface area contributed by atoms with Crippen molar-refractivity contribution in [2.24, 2.45) is 0 Å². The van der Waals surface area contributed by atoms with E-state index in [-0.39, 0.29) is 5.41 Å². The maximum Gasteiger partial charge on any atom is 0.0465 e. The summed E-state index contributed by atoms with van der Waals surface area (Å²) in [7, 11) is 0. The van der Waals surface area contributed by atoms with Crippen LogP contribution >= 0.6 is 11.3 Å². The zero-order valence-electron chi connectivity index (χ0n) is 30.8. The number of hydrogen-bond donors (Lipinski definition) is 0. The van der Waals surface area contributed by atoms with Crippen LogP contribution in [0.5, 0.6) is 0 Å². The highest BCUT2D eigenvalue weighted by atomic mass is 32.1. The van der Waals surface area contributed by atoms with Gasteiger partial charge in [0.05, 0.1) is 0 Å². The van der Waals surface area contributed by atoms with Crippen LogP contribution in [0.2, 0.25) is 0 Å². The van der Waals surface area contributed by atoms with Crippen LogP contribution in [0.15, 0.2) is 188 Å². The average Bonchev–Trinajstić information content (AvgIpc) is 3.74. The molecule has 55 heavy (non-hydrogen) atoms. The van der Waals surface area contributed by atoms with Crippen LogP contribution in [0.1, 0.15) is 25.0 Å². The number of benzene rings is 9. The second-order valence-corrected chi connectivity index (χ2v) is 16.4. The van der Waals surface area contributed by atoms with Gasteiger partial charge in [-0.05, 0) is 115 Å². The van der Waals surface area contributed by atoms with Gasteiger partial charge in [0.1, 0.15) is 0 Å². The fourth-order valence-corrected chi connectivity index (χ4v) is 10.3. The van der Waals surface area contributed by atoms with Gasteiger partial charge in [-0.25, -0.2) is 0 Å². The Bertz CT molecular complexity index is 3110. The lowest BCUT2D eigenvalue weighted by molar-refractivity contribution is 0.660. The van der Waals surface area contributed by atoms with Gasteiger partial charge in [0.2, 0.25) is 0 Å². The van der Waals surface area contributed by atoms with Gasteiger partial charge in [-0.15, -0.1) is 11.3 Å². The van der Waals surface area contributed by atoms with Gasteiger partial charge in [-0.1, -0.05) is 147 Å². The molecule has 2 heteroatoms. The Morgan fingerprint density at radius 1 is 0.400 bits per heavy atom. The first-order chi connectivity index (χ1) is 27.0. The third-order valence-corrected chi connectivity index (χ3v) is 13.0. The van der Waals surface area contributed by atoms with Crippen LogP contribution in [-0.2, 0) is 5.41 Å². The predicted octanol–water partition coefficient (Wildman–Crippen LogP) is 15.5. The Morgan fingerprint density at radius 2 is 1.00 bits per heavy atom. The quantitative estimate of drug-likeness (QED) is 0.171. The maximum atomic E-state index is 2.42. The van der Waals surface area contributed by atoms with Crippen LogP contribution < -0.4 is 4.90 Å². The summed E-state index contributed by atoms with van der Waals surface area (Å²) >= 11 is 1.90. The van der Waals surface area contributed by atoms with Gasteiger partial charge in [0, 0.05) is 48.2 Å². The van der Waals surface area contributed by atoms with Crippen molar-refractivity contribution < 1.29 is 0 Å². The zero-order chi connectivity index (χ0) is 36.7. The molecule has 9 aromatic carbocycles. The van der Waals surface area contributed by atoms with Crippen molar-refractivity contribution in [3.63, 3.8) is 0 Å². The normalized spacial score (nSPS) is 13.1. The van der Waals surface area contributed by atoms with Crippen molar-refractivity contribution in [3.05, 3.63) is 199 Å². The van der Waals surface area contributed by atoms with E-state index in [0.29, 0.717) is 0 Å². The molecule has 0 fully saturated rings. The maximum absolute atomic E-state index is 2.42. The van der Waals surface area contributed by atoms with Gasteiger partial charge < -0.3 is 4.90 Å². The number of thiophene rings is 1. The molecule has 1 aliphatic carbocycles. The molecule has 1 aromatic heterocycles. The second-order valence-electron chi connectivity index (χ2n) is 15.3. The van der Waals surface area contributed by atoms with Crippen LogP contribution in [-0.4, -0.2) is 0 Å². The molecule has 0 unspecified atom stereocenters. The summed E-state index contributed by atoms with van der Waals surface area (Å²) in [6, 6.07) is 69.6. The lowest BCUT2D eigenvalue weighted by Gasteiger charge is -2.28. The molecule has 10 aromatic rings. The fourth-order valence-electron chi connectivity index (χ4n) is 9.03. The van der Waals surface area contributed by atoms with E-state index in [1.54, 1.807) is 0 Å². The SMILES string of the molecule is CC1(C)c2ccccc2-c2ccc(N(c3ccc(-c4ccc5ccccc5c4)cc3)c3ccc(-c4cc5ccccc5c5c4sc4ccccc45)cc3)cc21. The van der Waals surface area contributed by atoms with E-state index in [4.69, 9.17) is 0 Å². The Hall–Kier alpha value is -6.48. The molecular formula is C53H37NS. The van der Waals surface area contributed by atoms with Gasteiger partial charge in [-0.2, -0.15) is 0 Å². The van der Waals surface area contributed by atoms with Crippen molar-refractivity contribution >= 4 is 70.1 Å². The second kappa shape index (κ2) is 12.3. The first-order valence-corrected chi connectivity index (χ1v) is 19.9. The van der Waals surface area contributed by atoms with E-state index in [0.717, 1.165) is 17.1 Å². The first kappa shape index (κ1) is 32.0. The number of hydrogen-bond acceptors (Lipinski definition) is 2. The van der Waals surface area contributed by atoms with E-state index in [9.17, 15) is 0 Å². The number of rotatable bonds is 5.